The Kier molecular flexibility index (Phi) is 3.58. The number of carbonyl (C=O) groups is 1. The van der Waals surface area contributed by atoms with E-state index < -0.39 is 0 Å². The van der Waals surface area contributed by atoms with E-state index >= 15 is 0 Å². The highest BCUT2D eigenvalue weighted by Gasteiger charge is 2.42. The number of hydrogen-bond donors (Lipinski definition) is 0. The molecule has 0 saturated heterocycles. The van der Waals surface area contributed by atoms with E-state index in [1.54, 1.807) is 0 Å². The van der Waals surface area contributed by atoms with Gasteiger partial charge in [-0.1, -0.05) is 34.3 Å². The Bertz CT molecular complexity index is 266. The molecule has 0 aliphatic heterocycles. The average molecular weight is 210 g/mol. The van der Waals surface area contributed by atoms with E-state index in [9.17, 15) is 4.79 Å². The molecule has 1 aliphatic rings. The van der Waals surface area contributed by atoms with Gasteiger partial charge in [0.25, 0.3) is 0 Å². The van der Waals surface area contributed by atoms with Gasteiger partial charge in [-0.3, -0.25) is 0 Å². The first-order chi connectivity index (χ1) is 6.89. The van der Waals surface area contributed by atoms with Crippen LogP contribution in [0.15, 0.2) is 12.2 Å². The lowest BCUT2D eigenvalue weighted by atomic mass is 9.81. The van der Waals surface area contributed by atoms with Crippen molar-refractivity contribution in [2.24, 2.45) is 11.3 Å². The average Bonchev–Trinajstić information content (AvgIpc) is 2.43. The summed E-state index contributed by atoms with van der Waals surface area (Å²) in [6.07, 6.45) is 2.85. The minimum atomic E-state index is -0.218. The van der Waals surface area contributed by atoms with Crippen LogP contribution in [-0.2, 0) is 9.53 Å². The number of rotatable bonds is 3. The Labute approximate surface area is 92.7 Å². The van der Waals surface area contributed by atoms with Crippen LogP contribution in [-0.4, -0.2) is 12.1 Å². The van der Waals surface area contributed by atoms with Crippen molar-refractivity contribution in [2.75, 3.05) is 0 Å². The van der Waals surface area contributed by atoms with Gasteiger partial charge in [0, 0.05) is 11.0 Å². The largest absolute Gasteiger partial charge is 0.458 e. The molecule has 1 saturated carbocycles. The molecule has 0 bridgehead atoms. The second kappa shape index (κ2) is 4.38. The van der Waals surface area contributed by atoms with Gasteiger partial charge in [0.2, 0.25) is 0 Å². The number of esters is 1. The molecule has 0 aromatic heterocycles. The lowest BCUT2D eigenvalue weighted by Crippen LogP contribution is -2.32. The second-order valence-electron chi connectivity index (χ2n) is 5.15. The maximum atomic E-state index is 11.6. The molecule has 15 heavy (non-hydrogen) atoms. The van der Waals surface area contributed by atoms with Crippen molar-refractivity contribution in [3.63, 3.8) is 0 Å². The Hall–Kier alpha value is -0.790. The molecule has 0 spiro atoms. The minimum Gasteiger partial charge on any atom is -0.458 e. The van der Waals surface area contributed by atoms with Crippen LogP contribution in [0.1, 0.15) is 47.0 Å². The van der Waals surface area contributed by atoms with E-state index in [1.807, 2.05) is 6.92 Å². The number of carbonyl (C=O) groups excluding carboxylic acids is 1. The molecule has 0 aromatic rings. The summed E-state index contributed by atoms with van der Waals surface area (Å²) >= 11 is 0. The fourth-order valence-electron chi connectivity index (χ4n) is 2.03. The molecule has 0 amide bonds. The van der Waals surface area contributed by atoms with Crippen LogP contribution in [0.3, 0.4) is 0 Å². The molecule has 86 valence electrons. The van der Waals surface area contributed by atoms with Gasteiger partial charge >= 0.3 is 5.97 Å². The summed E-state index contributed by atoms with van der Waals surface area (Å²) < 4.78 is 5.51. The van der Waals surface area contributed by atoms with Crippen molar-refractivity contribution in [2.45, 2.75) is 53.1 Å². The summed E-state index contributed by atoms with van der Waals surface area (Å²) in [5.41, 5.74) is 0.675. The molecular weight excluding hydrogens is 188 g/mol. The summed E-state index contributed by atoms with van der Waals surface area (Å²) in [5, 5.41) is 0. The van der Waals surface area contributed by atoms with Crippen molar-refractivity contribution in [3.8, 4) is 0 Å². The van der Waals surface area contributed by atoms with Crippen LogP contribution in [0.4, 0.5) is 0 Å². The van der Waals surface area contributed by atoms with Gasteiger partial charge in [-0.25, -0.2) is 4.79 Å². The van der Waals surface area contributed by atoms with E-state index in [4.69, 9.17) is 4.74 Å². The summed E-state index contributed by atoms with van der Waals surface area (Å²) in [5.74, 6) is 0.398. The van der Waals surface area contributed by atoms with Crippen LogP contribution in [0, 0.1) is 11.3 Å². The monoisotopic (exact) mass is 210 g/mol. The van der Waals surface area contributed by atoms with Crippen LogP contribution in [0.2, 0.25) is 0 Å². The molecule has 0 N–H and O–H groups in total. The first kappa shape index (κ1) is 12.3. The summed E-state index contributed by atoms with van der Waals surface area (Å²) in [6, 6.07) is 0. The molecule has 0 radical (unpaired) electrons. The molecule has 1 fully saturated rings. The molecule has 2 heteroatoms. The fraction of sp³-hybridized carbons (Fsp3) is 0.769. The summed E-state index contributed by atoms with van der Waals surface area (Å²) in [6.45, 7) is 12.2. The van der Waals surface area contributed by atoms with E-state index in [2.05, 4.69) is 27.4 Å². The van der Waals surface area contributed by atoms with Gasteiger partial charge in [0.05, 0.1) is 0 Å². The Morgan fingerprint density at radius 1 is 1.47 bits per heavy atom. The van der Waals surface area contributed by atoms with Gasteiger partial charge < -0.3 is 4.74 Å². The smallest absolute Gasteiger partial charge is 0.333 e. The van der Waals surface area contributed by atoms with Crippen LogP contribution in [0.5, 0.6) is 0 Å². The zero-order chi connectivity index (χ0) is 11.6. The van der Waals surface area contributed by atoms with Crippen LogP contribution in [0.25, 0.3) is 0 Å². The van der Waals surface area contributed by atoms with E-state index in [0.717, 1.165) is 12.8 Å². The predicted octanol–water partition coefficient (Wildman–Crippen LogP) is 3.32. The van der Waals surface area contributed by atoms with Gasteiger partial charge in [-0.2, -0.15) is 0 Å². The molecule has 0 heterocycles. The minimum absolute atomic E-state index is 0.0586. The lowest BCUT2D eigenvalue weighted by Gasteiger charge is -2.30. The summed E-state index contributed by atoms with van der Waals surface area (Å²) in [7, 11) is 0. The molecule has 2 atom stereocenters. The van der Waals surface area contributed by atoms with E-state index in [0.29, 0.717) is 17.9 Å². The standard InChI is InChI=1S/C13H22O2/c1-6-9(2)12(14)15-11-8-7-10(3)13(11,4)5/h10-11H,2,6-8H2,1,3-5H3. The van der Waals surface area contributed by atoms with Crippen molar-refractivity contribution in [3.05, 3.63) is 12.2 Å². The quantitative estimate of drug-likeness (QED) is 0.527. The first-order valence-electron chi connectivity index (χ1n) is 5.78. The zero-order valence-electron chi connectivity index (χ0n) is 10.3. The van der Waals surface area contributed by atoms with Crippen molar-refractivity contribution < 1.29 is 9.53 Å². The van der Waals surface area contributed by atoms with Crippen molar-refractivity contribution in [1.29, 1.82) is 0 Å². The topological polar surface area (TPSA) is 26.3 Å². The maximum absolute atomic E-state index is 11.6. The molecule has 0 aromatic carbocycles. The van der Waals surface area contributed by atoms with Gasteiger partial charge in [-0.15, -0.1) is 0 Å². The number of ether oxygens (including phenoxy) is 1. The molecule has 2 nitrogen and oxygen atoms in total. The zero-order valence-corrected chi connectivity index (χ0v) is 10.3. The lowest BCUT2D eigenvalue weighted by molar-refractivity contribution is -0.149. The molecule has 1 aliphatic carbocycles. The second-order valence-corrected chi connectivity index (χ2v) is 5.15. The summed E-state index contributed by atoms with van der Waals surface area (Å²) in [4.78, 5) is 11.6. The van der Waals surface area contributed by atoms with Crippen LogP contribution < -0.4 is 0 Å². The molecular formula is C13H22O2. The Balaban J connectivity index is 2.60. The first-order valence-corrected chi connectivity index (χ1v) is 5.78. The van der Waals surface area contributed by atoms with Crippen molar-refractivity contribution in [1.82, 2.24) is 0 Å². The van der Waals surface area contributed by atoms with Crippen molar-refractivity contribution >= 4 is 5.97 Å². The fourth-order valence-corrected chi connectivity index (χ4v) is 2.03. The normalized spacial score (nSPS) is 28.8. The highest BCUT2D eigenvalue weighted by atomic mass is 16.5. The van der Waals surface area contributed by atoms with Gasteiger partial charge in [0.15, 0.2) is 0 Å². The van der Waals surface area contributed by atoms with Gasteiger partial charge in [-0.05, 0) is 25.2 Å². The maximum Gasteiger partial charge on any atom is 0.333 e. The molecule has 1 rings (SSSR count). The Morgan fingerprint density at radius 3 is 2.47 bits per heavy atom. The predicted molar refractivity (Wildman–Crippen MR) is 61.5 cm³/mol. The SMILES string of the molecule is C=C(CC)C(=O)OC1CCC(C)C1(C)C. The van der Waals surface area contributed by atoms with Crippen LogP contribution >= 0.6 is 0 Å². The third-order valence-electron chi connectivity index (χ3n) is 3.93. The number of hydrogen-bond acceptors (Lipinski definition) is 2. The molecule has 2 unspecified atom stereocenters. The van der Waals surface area contributed by atoms with Gasteiger partial charge in [0.1, 0.15) is 6.10 Å². The third kappa shape index (κ3) is 2.42. The van der Waals surface area contributed by atoms with E-state index in [-0.39, 0.29) is 17.5 Å². The Morgan fingerprint density at radius 2 is 2.07 bits per heavy atom. The van der Waals surface area contributed by atoms with E-state index in [1.165, 1.54) is 0 Å². The highest BCUT2D eigenvalue weighted by molar-refractivity contribution is 5.87. The highest BCUT2D eigenvalue weighted by Crippen LogP contribution is 2.44. The third-order valence-corrected chi connectivity index (χ3v) is 3.93.